The van der Waals surface area contributed by atoms with E-state index in [-0.39, 0.29) is 17.5 Å². The average Bonchev–Trinajstić information content (AvgIpc) is 2.77. The second-order valence-electron chi connectivity index (χ2n) is 3.49. The molecule has 0 radical (unpaired) electrons. The van der Waals surface area contributed by atoms with Gasteiger partial charge in [0.05, 0.1) is 12.9 Å². The molecule has 0 N–H and O–H groups in total. The fourth-order valence-corrected chi connectivity index (χ4v) is 2.99. The van der Waals surface area contributed by atoms with Gasteiger partial charge in [0.25, 0.3) is 16.4 Å². The van der Waals surface area contributed by atoms with Gasteiger partial charge in [0.1, 0.15) is 0 Å². The Morgan fingerprint density at radius 2 is 2.22 bits per heavy atom. The largest absolute Gasteiger partial charge is 0.336 e. The lowest BCUT2D eigenvalue weighted by molar-refractivity contribution is 0.121. The number of nitrogens with zero attached hydrogens (tertiary/aromatic N) is 3. The van der Waals surface area contributed by atoms with E-state index in [1.165, 1.54) is 12.5 Å². The van der Waals surface area contributed by atoms with E-state index in [9.17, 15) is 17.2 Å². The van der Waals surface area contributed by atoms with E-state index < -0.39 is 23.0 Å². The molecule has 0 atom stereocenters. The van der Waals surface area contributed by atoms with Gasteiger partial charge in [-0.15, -0.1) is 11.6 Å². The molecule has 0 bridgehead atoms. The summed E-state index contributed by atoms with van der Waals surface area (Å²) in [7, 11) is -4.01. The second kappa shape index (κ2) is 6.44. The summed E-state index contributed by atoms with van der Waals surface area (Å²) >= 11 is 5.43. The van der Waals surface area contributed by atoms with Gasteiger partial charge in [0.15, 0.2) is 5.03 Å². The number of sulfonamides is 1. The smallest absolute Gasteiger partial charge is 0.262 e. The summed E-state index contributed by atoms with van der Waals surface area (Å²) in [6.45, 7) is 1.31. The summed E-state index contributed by atoms with van der Waals surface area (Å²) in [6, 6.07) is 0. The standard InChI is InChI=1S/C9H14ClF2N3O2S/c1-2-14-6-9(13-7-14)18(16,17)15(4-3-10)5-8(11)12/h6-8H,2-5H2,1H3. The number of rotatable bonds is 7. The molecule has 104 valence electrons. The molecule has 1 aromatic rings. The van der Waals surface area contributed by atoms with E-state index in [1.807, 2.05) is 6.92 Å². The fraction of sp³-hybridized carbons (Fsp3) is 0.667. The van der Waals surface area contributed by atoms with Gasteiger partial charge in [-0.25, -0.2) is 22.2 Å². The Bertz CT molecular complexity index is 478. The predicted octanol–water partition coefficient (Wildman–Crippen LogP) is 1.40. The summed E-state index contributed by atoms with van der Waals surface area (Å²) in [4.78, 5) is 3.71. The zero-order valence-corrected chi connectivity index (χ0v) is 11.3. The summed E-state index contributed by atoms with van der Waals surface area (Å²) < 4.78 is 51.0. The van der Waals surface area contributed by atoms with Crippen LogP contribution >= 0.6 is 11.6 Å². The van der Waals surface area contributed by atoms with Crippen molar-refractivity contribution in [1.82, 2.24) is 13.9 Å². The first-order valence-electron chi connectivity index (χ1n) is 5.27. The number of hydrogen-bond acceptors (Lipinski definition) is 3. The molecule has 0 unspecified atom stereocenters. The molecular formula is C9H14ClF2N3O2S. The van der Waals surface area contributed by atoms with E-state index in [2.05, 4.69) is 4.98 Å². The zero-order valence-electron chi connectivity index (χ0n) is 9.76. The van der Waals surface area contributed by atoms with Crippen molar-refractivity contribution in [2.75, 3.05) is 19.0 Å². The Kier molecular flexibility index (Phi) is 5.48. The van der Waals surface area contributed by atoms with Crippen LogP contribution < -0.4 is 0 Å². The molecule has 9 heteroatoms. The Morgan fingerprint density at radius 3 is 2.67 bits per heavy atom. The fourth-order valence-electron chi connectivity index (χ4n) is 1.34. The maximum atomic E-state index is 12.4. The minimum absolute atomic E-state index is 0.0551. The first-order valence-corrected chi connectivity index (χ1v) is 7.25. The lowest BCUT2D eigenvalue weighted by Gasteiger charge is -2.19. The topological polar surface area (TPSA) is 55.2 Å². The highest BCUT2D eigenvalue weighted by atomic mass is 35.5. The van der Waals surface area contributed by atoms with Crippen LogP contribution in [-0.4, -0.2) is 47.7 Å². The number of alkyl halides is 3. The van der Waals surface area contributed by atoms with Crippen LogP contribution in [0.1, 0.15) is 6.92 Å². The SMILES string of the molecule is CCn1cnc(S(=O)(=O)N(CCCl)CC(F)F)c1. The van der Waals surface area contributed by atoms with Crippen molar-refractivity contribution in [2.45, 2.75) is 24.9 Å². The molecule has 0 saturated carbocycles. The van der Waals surface area contributed by atoms with Crippen molar-refractivity contribution >= 4 is 21.6 Å². The lowest BCUT2D eigenvalue weighted by atomic mass is 10.6. The van der Waals surface area contributed by atoms with Gasteiger partial charge in [-0.3, -0.25) is 0 Å². The van der Waals surface area contributed by atoms with Crippen LogP contribution in [0.4, 0.5) is 8.78 Å². The third-order valence-corrected chi connectivity index (χ3v) is 4.17. The first kappa shape index (κ1) is 15.3. The van der Waals surface area contributed by atoms with Gasteiger partial charge in [-0.2, -0.15) is 4.31 Å². The Hall–Kier alpha value is -0.730. The molecule has 1 aromatic heterocycles. The van der Waals surface area contributed by atoms with Crippen molar-refractivity contribution < 1.29 is 17.2 Å². The maximum Gasteiger partial charge on any atom is 0.262 e. The van der Waals surface area contributed by atoms with E-state index in [0.717, 1.165) is 0 Å². The first-order chi connectivity index (χ1) is 8.41. The third-order valence-electron chi connectivity index (χ3n) is 2.25. The quantitative estimate of drug-likeness (QED) is 0.715. The molecule has 0 aliphatic rings. The Morgan fingerprint density at radius 1 is 1.56 bits per heavy atom. The molecule has 0 aliphatic carbocycles. The van der Waals surface area contributed by atoms with Crippen molar-refractivity contribution in [2.24, 2.45) is 0 Å². The third kappa shape index (κ3) is 3.63. The number of aromatic nitrogens is 2. The monoisotopic (exact) mass is 301 g/mol. The van der Waals surface area contributed by atoms with E-state index in [1.54, 1.807) is 4.57 Å². The molecule has 0 spiro atoms. The van der Waals surface area contributed by atoms with Gasteiger partial charge >= 0.3 is 0 Å². The minimum Gasteiger partial charge on any atom is -0.336 e. The van der Waals surface area contributed by atoms with Crippen LogP contribution in [0.5, 0.6) is 0 Å². The zero-order chi connectivity index (χ0) is 13.8. The molecule has 5 nitrogen and oxygen atoms in total. The van der Waals surface area contributed by atoms with Gasteiger partial charge < -0.3 is 4.57 Å². The van der Waals surface area contributed by atoms with Gasteiger partial charge in [0, 0.05) is 25.2 Å². The molecule has 0 aromatic carbocycles. The number of aryl methyl sites for hydroxylation is 1. The number of halogens is 3. The predicted molar refractivity (Wildman–Crippen MR) is 63.4 cm³/mol. The highest BCUT2D eigenvalue weighted by Crippen LogP contribution is 2.15. The van der Waals surface area contributed by atoms with E-state index in [0.29, 0.717) is 10.8 Å². The number of imidazole rings is 1. The van der Waals surface area contributed by atoms with E-state index >= 15 is 0 Å². The molecule has 0 aliphatic heterocycles. The minimum atomic E-state index is -4.01. The highest BCUT2D eigenvalue weighted by Gasteiger charge is 2.28. The lowest BCUT2D eigenvalue weighted by Crippen LogP contribution is -2.36. The van der Waals surface area contributed by atoms with Crippen molar-refractivity contribution in [3.8, 4) is 0 Å². The number of hydrogen-bond donors (Lipinski definition) is 0. The van der Waals surface area contributed by atoms with Crippen LogP contribution in [0.2, 0.25) is 0 Å². The molecule has 0 amide bonds. The van der Waals surface area contributed by atoms with Crippen molar-refractivity contribution in [3.05, 3.63) is 12.5 Å². The highest BCUT2D eigenvalue weighted by molar-refractivity contribution is 7.89. The average molecular weight is 302 g/mol. The van der Waals surface area contributed by atoms with Crippen LogP contribution in [0.25, 0.3) is 0 Å². The summed E-state index contributed by atoms with van der Waals surface area (Å²) in [5.74, 6) is -0.0551. The second-order valence-corrected chi connectivity index (χ2v) is 5.75. The van der Waals surface area contributed by atoms with Crippen molar-refractivity contribution in [3.63, 3.8) is 0 Å². The molecule has 18 heavy (non-hydrogen) atoms. The molecular weight excluding hydrogens is 288 g/mol. The van der Waals surface area contributed by atoms with Crippen LogP contribution in [-0.2, 0) is 16.6 Å². The van der Waals surface area contributed by atoms with Crippen LogP contribution in [0.3, 0.4) is 0 Å². The van der Waals surface area contributed by atoms with Crippen LogP contribution in [0.15, 0.2) is 17.6 Å². The van der Waals surface area contributed by atoms with Crippen molar-refractivity contribution in [1.29, 1.82) is 0 Å². The maximum absolute atomic E-state index is 12.4. The molecule has 0 fully saturated rings. The summed E-state index contributed by atoms with van der Waals surface area (Å²) in [6.07, 6.45) is -0.104. The Balaban J connectivity index is 3.00. The molecule has 0 saturated heterocycles. The van der Waals surface area contributed by atoms with E-state index in [4.69, 9.17) is 11.6 Å². The summed E-state index contributed by atoms with van der Waals surface area (Å²) in [5.41, 5.74) is 0. The van der Waals surface area contributed by atoms with Gasteiger partial charge in [0.2, 0.25) is 0 Å². The van der Waals surface area contributed by atoms with Crippen LogP contribution in [0, 0.1) is 0 Å². The van der Waals surface area contributed by atoms with Gasteiger partial charge in [-0.1, -0.05) is 0 Å². The molecule has 1 rings (SSSR count). The Labute approximate surface area is 109 Å². The normalized spacial score (nSPS) is 12.6. The molecule has 1 heterocycles. The van der Waals surface area contributed by atoms with Gasteiger partial charge in [-0.05, 0) is 6.92 Å². The summed E-state index contributed by atoms with van der Waals surface area (Å²) in [5, 5.41) is -0.241.